The van der Waals surface area contributed by atoms with Crippen LogP contribution in [-0.4, -0.2) is 15.4 Å². The fourth-order valence-corrected chi connectivity index (χ4v) is 0.563. The lowest BCUT2D eigenvalue weighted by molar-refractivity contribution is 0.567. The first-order valence-corrected chi connectivity index (χ1v) is 4.97. The van der Waals surface area contributed by atoms with Crippen molar-refractivity contribution in [1.82, 2.24) is 15.4 Å². The monoisotopic (exact) mass is 185 g/mol. The van der Waals surface area contributed by atoms with Crippen LogP contribution in [0.4, 0.5) is 0 Å². The fraction of sp³-hybridized carbons (Fsp3) is 0.800. The Kier molecular flexibility index (Phi) is 8.76. The third-order valence-corrected chi connectivity index (χ3v) is 1.18. The summed E-state index contributed by atoms with van der Waals surface area (Å²) in [7, 11) is 0. The van der Waals surface area contributed by atoms with Gasteiger partial charge in [-0.2, -0.15) is 15.4 Å². The summed E-state index contributed by atoms with van der Waals surface area (Å²) in [5.74, 6) is 0. The fourth-order valence-electron chi connectivity index (χ4n) is 0.563. The largest absolute Gasteiger partial charge is 0.198 e. The summed E-state index contributed by atoms with van der Waals surface area (Å²) in [4.78, 5) is 0. The van der Waals surface area contributed by atoms with E-state index in [4.69, 9.17) is 0 Å². The summed E-state index contributed by atoms with van der Waals surface area (Å²) in [6.45, 7) is 14.3. The van der Waals surface area contributed by atoms with Crippen LogP contribution >= 0.6 is 0 Å². The number of nitrogens with one attached hydrogen (secondary N) is 1. The molecule has 0 fully saturated rings. The van der Waals surface area contributed by atoms with Gasteiger partial charge in [0.05, 0.1) is 11.9 Å². The maximum atomic E-state index is 3.95. The zero-order valence-corrected chi connectivity index (χ0v) is 9.97. The van der Waals surface area contributed by atoms with Crippen LogP contribution < -0.4 is 0 Å². The highest BCUT2D eigenvalue weighted by Gasteiger charge is 2.15. The van der Waals surface area contributed by atoms with Crippen LogP contribution in [0.25, 0.3) is 0 Å². The van der Waals surface area contributed by atoms with Gasteiger partial charge in [0.1, 0.15) is 0 Å². The van der Waals surface area contributed by atoms with E-state index in [1.165, 1.54) is 0 Å². The number of nitrogens with zero attached hydrogens (tertiary/aromatic N) is 2. The molecule has 1 heterocycles. The average molecular weight is 185 g/mol. The van der Waals surface area contributed by atoms with Gasteiger partial charge in [-0.15, -0.1) is 0 Å². The zero-order chi connectivity index (χ0) is 10.9. The van der Waals surface area contributed by atoms with Gasteiger partial charge in [0.25, 0.3) is 0 Å². The lowest BCUT2D eigenvalue weighted by Crippen LogP contribution is -2.11. The number of rotatable bonds is 0. The predicted octanol–water partition coefficient (Wildman–Crippen LogP) is 3.15. The number of aromatic nitrogens is 3. The highest BCUT2D eigenvalue weighted by atomic mass is 15.3. The lowest BCUT2D eigenvalue weighted by atomic mass is 9.93. The molecule has 0 amide bonds. The van der Waals surface area contributed by atoms with Crippen LogP contribution in [0.5, 0.6) is 0 Å². The van der Waals surface area contributed by atoms with Crippen molar-refractivity contribution in [2.45, 2.75) is 53.9 Å². The molecular weight excluding hydrogens is 162 g/mol. The van der Waals surface area contributed by atoms with Gasteiger partial charge in [-0.1, -0.05) is 48.5 Å². The molecular formula is C10H23N3. The zero-order valence-electron chi connectivity index (χ0n) is 9.97. The van der Waals surface area contributed by atoms with Crippen molar-refractivity contribution in [3.05, 3.63) is 11.9 Å². The Hall–Kier alpha value is -0.860. The second-order valence-electron chi connectivity index (χ2n) is 3.11. The van der Waals surface area contributed by atoms with Gasteiger partial charge in [0, 0.05) is 5.41 Å². The Morgan fingerprint density at radius 2 is 1.54 bits per heavy atom. The van der Waals surface area contributed by atoms with Crippen molar-refractivity contribution < 1.29 is 0 Å². The first-order valence-electron chi connectivity index (χ1n) is 4.97. The Balaban J connectivity index is 0. The SMILES string of the molecule is CC.CC.CC(C)(C)c1cn[nH]n1. The van der Waals surface area contributed by atoms with Crippen LogP contribution in [-0.2, 0) is 5.41 Å². The predicted molar refractivity (Wildman–Crippen MR) is 57.8 cm³/mol. The quantitative estimate of drug-likeness (QED) is 0.674. The minimum atomic E-state index is 0.118. The highest BCUT2D eigenvalue weighted by Crippen LogP contribution is 2.17. The Bertz CT molecular complexity index is 173. The number of H-pyrrole nitrogens is 1. The second-order valence-corrected chi connectivity index (χ2v) is 3.11. The molecule has 0 spiro atoms. The van der Waals surface area contributed by atoms with E-state index >= 15 is 0 Å². The van der Waals surface area contributed by atoms with Crippen LogP contribution in [0.1, 0.15) is 54.2 Å². The van der Waals surface area contributed by atoms with Crippen molar-refractivity contribution >= 4 is 0 Å². The molecule has 1 aromatic rings. The number of hydrogen-bond acceptors (Lipinski definition) is 2. The third kappa shape index (κ3) is 6.31. The molecule has 0 bridgehead atoms. The molecule has 0 saturated heterocycles. The summed E-state index contributed by atoms with van der Waals surface area (Å²) in [5, 5.41) is 10.2. The van der Waals surface area contributed by atoms with E-state index in [0.717, 1.165) is 5.69 Å². The molecule has 13 heavy (non-hydrogen) atoms. The number of hydrogen-bond donors (Lipinski definition) is 1. The molecule has 3 heteroatoms. The van der Waals surface area contributed by atoms with E-state index in [1.807, 2.05) is 27.7 Å². The summed E-state index contributed by atoms with van der Waals surface area (Å²) >= 11 is 0. The van der Waals surface area contributed by atoms with Gasteiger partial charge < -0.3 is 0 Å². The molecule has 0 aromatic carbocycles. The third-order valence-electron chi connectivity index (χ3n) is 1.18. The second kappa shape index (κ2) is 7.77. The molecule has 0 aliphatic rings. The smallest absolute Gasteiger partial charge is 0.0877 e. The summed E-state index contributed by atoms with van der Waals surface area (Å²) in [6.07, 6.45) is 1.75. The summed E-state index contributed by atoms with van der Waals surface area (Å²) in [5.41, 5.74) is 1.12. The normalized spacial score (nSPS) is 9.15. The molecule has 1 rings (SSSR count). The first kappa shape index (κ1) is 14.7. The van der Waals surface area contributed by atoms with E-state index in [9.17, 15) is 0 Å². The van der Waals surface area contributed by atoms with Gasteiger partial charge in [-0.3, -0.25) is 0 Å². The van der Waals surface area contributed by atoms with Crippen molar-refractivity contribution in [1.29, 1.82) is 0 Å². The van der Waals surface area contributed by atoms with E-state index in [1.54, 1.807) is 6.20 Å². The molecule has 1 N–H and O–H groups in total. The molecule has 0 saturated carbocycles. The minimum Gasteiger partial charge on any atom is -0.198 e. The van der Waals surface area contributed by atoms with Crippen molar-refractivity contribution in [3.8, 4) is 0 Å². The van der Waals surface area contributed by atoms with Crippen LogP contribution in [0.3, 0.4) is 0 Å². The molecule has 0 atom stereocenters. The lowest BCUT2D eigenvalue weighted by Gasteiger charge is -2.12. The Morgan fingerprint density at radius 1 is 1.08 bits per heavy atom. The highest BCUT2D eigenvalue weighted by molar-refractivity contribution is 5.04. The van der Waals surface area contributed by atoms with Gasteiger partial charge in [-0.25, -0.2) is 0 Å². The van der Waals surface area contributed by atoms with Gasteiger partial charge >= 0.3 is 0 Å². The maximum Gasteiger partial charge on any atom is 0.0877 e. The van der Waals surface area contributed by atoms with E-state index < -0.39 is 0 Å². The van der Waals surface area contributed by atoms with Crippen molar-refractivity contribution in [2.24, 2.45) is 0 Å². The number of aromatic amines is 1. The Morgan fingerprint density at radius 3 is 1.69 bits per heavy atom. The topological polar surface area (TPSA) is 41.6 Å². The van der Waals surface area contributed by atoms with Gasteiger partial charge in [0.15, 0.2) is 0 Å². The van der Waals surface area contributed by atoms with Crippen molar-refractivity contribution in [2.75, 3.05) is 0 Å². The van der Waals surface area contributed by atoms with Crippen LogP contribution in [0, 0.1) is 0 Å². The summed E-state index contributed by atoms with van der Waals surface area (Å²) in [6, 6.07) is 0. The first-order chi connectivity index (χ1) is 6.11. The van der Waals surface area contributed by atoms with E-state index in [-0.39, 0.29) is 5.41 Å². The van der Waals surface area contributed by atoms with Crippen molar-refractivity contribution in [3.63, 3.8) is 0 Å². The minimum absolute atomic E-state index is 0.118. The van der Waals surface area contributed by atoms with E-state index in [2.05, 4.69) is 36.2 Å². The summed E-state index contributed by atoms with van der Waals surface area (Å²) < 4.78 is 0. The standard InChI is InChI=1S/C6H11N3.2C2H6/c1-6(2,3)5-4-7-9-8-5;2*1-2/h4H,1-3H3,(H,7,8,9);2*1-2H3. The molecule has 0 radical (unpaired) electrons. The van der Waals surface area contributed by atoms with Crippen LogP contribution in [0.2, 0.25) is 0 Å². The van der Waals surface area contributed by atoms with E-state index in [0.29, 0.717) is 0 Å². The maximum absolute atomic E-state index is 3.95. The molecule has 0 aliphatic heterocycles. The Labute approximate surface area is 81.9 Å². The van der Waals surface area contributed by atoms with Gasteiger partial charge in [-0.05, 0) is 0 Å². The average Bonchev–Trinajstić information content (AvgIpc) is 2.63. The molecule has 0 unspecified atom stereocenters. The van der Waals surface area contributed by atoms with Gasteiger partial charge in [0.2, 0.25) is 0 Å². The molecule has 3 nitrogen and oxygen atoms in total. The van der Waals surface area contributed by atoms with Crippen LogP contribution in [0.15, 0.2) is 6.20 Å². The molecule has 0 aliphatic carbocycles. The molecule has 1 aromatic heterocycles. The molecule has 78 valence electrons.